The highest BCUT2D eigenvalue weighted by Crippen LogP contribution is 2.36. The van der Waals surface area contributed by atoms with Crippen LogP contribution in [0.3, 0.4) is 0 Å². The van der Waals surface area contributed by atoms with Crippen LogP contribution in [0.1, 0.15) is 47.8 Å². The highest BCUT2D eigenvalue weighted by Gasteiger charge is 2.28. The molecule has 0 saturated carbocycles. The Morgan fingerprint density at radius 1 is 1.14 bits per heavy atom. The molecule has 0 bridgehead atoms. The van der Waals surface area contributed by atoms with E-state index in [1.807, 2.05) is 12.1 Å². The van der Waals surface area contributed by atoms with E-state index < -0.39 is 0 Å². The van der Waals surface area contributed by atoms with Gasteiger partial charge in [-0.05, 0) is 31.7 Å². The number of aromatic amines is 1. The lowest BCUT2D eigenvalue weighted by atomic mass is 10.00. The van der Waals surface area contributed by atoms with Gasteiger partial charge in [0.1, 0.15) is 22.8 Å². The summed E-state index contributed by atoms with van der Waals surface area (Å²) in [6.07, 6.45) is 5.89. The number of benzene rings is 1. The molecular formula is C17H18N2OS. The summed E-state index contributed by atoms with van der Waals surface area (Å²) in [7, 11) is 0. The maximum absolute atomic E-state index is 5.78. The van der Waals surface area contributed by atoms with Crippen LogP contribution in [-0.2, 0) is 12.8 Å². The van der Waals surface area contributed by atoms with E-state index in [0.29, 0.717) is 6.61 Å². The van der Waals surface area contributed by atoms with Crippen LogP contribution in [0.15, 0.2) is 24.3 Å². The molecule has 1 N–H and O–H groups in total. The van der Waals surface area contributed by atoms with E-state index in [1.165, 1.54) is 36.1 Å². The minimum atomic E-state index is 0.177. The fraction of sp³-hybridized carbons (Fsp3) is 0.412. The van der Waals surface area contributed by atoms with E-state index in [-0.39, 0.29) is 5.92 Å². The van der Waals surface area contributed by atoms with E-state index in [1.54, 1.807) is 0 Å². The van der Waals surface area contributed by atoms with Crippen molar-refractivity contribution in [1.82, 2.24) is 9.97 Å². The largest absolute Gasteiger partial charge is 0.492 e. The molecule has 3 nitrogen and oxygen atoms in total. The number of H-pyrrole nitrogens is 1. The Hall–Kier alpha value is -1.68. The molecule has 0 spiro atoms. The van der Waals surface area contributed by atoms with Gasteiger partial charge in [0.2, 0.25) is 0 Å². The van der Waals surface area contributed by atoms with Crippen LogP contribution < -0.4 is 4.74 Å². The van der Waals surface area contributed by atoms with E-state index >= 15 is 0 Å². The summed E-state index contributed by atoms with van der Waals surface area (Å²) < 4.78 is 6.56. The lowest BCUT2D eigenvalue weighted by molar-refractivity contribution is 0.339. The van der Waals surface area contributed by atoms with Gasteiger partial charge in [0.05, 0.1) is 5.92 Å². The summed E-state index contributed by atoms with van der Waals surface area (Å²) in [5.41, 5.74) is 3.77. The summed E-state index contributed by atoms with van der Waals surface area (Å²) in [5, 5.41) is 0. The molecule has 0 saturated heterocycles. The van der Waals surface area contributed by atoms with E-state index in [2.05, 4.69) is 22.1 Å². The fourth-order valence-corrected chi connectivity index (χ4v) is 3.69. The van der Waals surface area contributed by atoms with Gasteiger partial charge >= 0.3 is 0 Å². The monoisotopic (exact) mass is 298 g/mol. The average Bonchev–Trinajstić information content (AvgIpc) is 2.78. The lowest BCUT2D eigenvalue weighted by Crippen LogP contribution is -2.11. The second-order valence-corrected chi connectivity index (χ2v) is 6.23. The highest BCUT2D eigenvalue weighted by molar-refractivity contribution is 7.71. The second-order valence-electron chi connectivity index (χ2n) is 5.85. The summed E-state index contributed by atoms with van der Waals surface area (Å²) in [6.45, 7) is 0.649. The SMILES string of the molecule is S=c1nc(C2COc3ccccc32)[nH]c2c1CCCCC2. The Kier molecular flexibility index (Phi) is 3.26. The number of nitrogens with zero attached hydrogens (tertiary/aromatic N) is 1. The van der Waals surface area contributed by atoms with Gasteiger partial charge in [-0.3, -0.25) is 0 Å². The normalized spacial score (nSPS) is 20.3. The Morgan fingerprint density at radius 2 is 2.00 bits per heavy atom. The zero-order valence-electron chi connectivity index (χ0n) is 11.9. The molecule has 1 aliphatic carbocycles. The molecule has 108 valence electrons. The first-order valence-electron chi connectivity index (χ1n) is 7.66. The summed E-state index contributed by atoms with van der Waals surface area (Å²) in [5.74, 6) is 2.11. The van der Waals surface area contributed by atoms with Crippen LogP contribution in [0.25, 0.3) is 0 Å². The molecule has 1 aliphatic heterocycles. The van der Waals surface area contributed by atoms with Crippen molar-refractivity contribution in [1.29, 1.82) is 0 Å². The van der Waals surface area contributed by atoms with Gasteiger partial charge in [0.25, 0.3) is 0 Å². The van der Waals surface area contributed by atoms with Gasteiger partial charge in [-0.15, -0.1) is 0 Å². The number of aryl methyl sites for hydroxylation is 1. The van der Waals surface area contributed by atoms with Crippen molar-refractivity contribution in [3.63, 3.8) is 0 Å². The molecule has 4 rings (SSSR count). The van der Waals surface area contributed by atoms with Crippen LogP contribution in [0.5, 0.6) is 5.75 Å². The third-order valence-corrected chi connectivity index (χ3v) is 4.84. The molecule has 2 aromatic rings. The van der Waals surface area contributed by atoms with Gasteiger partial charge in [-0.2, -0.15) is 0 Å². The smallest absolute Gasteiger partial charge is 0.133 e. The quantitative estimate of drug-likeness (QED) is 0.640. The first-order valence-corrected chi connectivity index (χ1v) is 8.07. The number of aromatic nitrogens is 2. The number of para-hydroxylation sites is 1. The predicted octanol–water partition coefficient (Wildman–Crippen LogP) is 3.93. The van der Waals surface area contributed by atoms with Gasteiger partial charge in [0, 0.05) is 16.8 Å². The molecule has 21 heavy (non-hydrogen) atoms. The number of fused-ring (bicyclic) bond motifs is 2. The summed E-state index contributed by atoms with van der Waals surface area (Å²) in [4.78, 5) is 8.26. The van der Waals surface area contributed by atoms with Crippen LogP contribution in [-0.4, -0.2) is 16.6 Å². The van der Waals surface area contributed by atoms with Crippen molar-refractivity contribution in [3.8, 4) is 5.75 Å². The third-order valence-electron chi connectivity index (χ3n) is 4.51. The van der Waals surface area contributed by atoms with Crippen molar-refractivity contribution in [2.24, 2.45) is 0 Å². The fourth-order valence-electron chi connectivity index (χ4n) is 3.37. The molecule has 1 aromatic heterocycles. The van der Waals surface area contributed by atoms with Crippen molar-refractivity contribution in [2.45, 2.75) is 38.0 Å². The van der Waals surface area contributed by atoms with E-state index in [4.69, 9.17) is 17.0 Å². The molecule has 0 fully saturated rings. The lowest BCUT2D eigenvalue weighted by Gasteiger charge is -2.13. The zero-order chi connectivity index (χ0) is 14.2. The van der Waals surface area contributed by atoms with E-state index in [0.717, 1.165) is 29.1 Å². The molecule has 1 aromatic carbocycles. The van der Waals surface area contributed by atoms with Crippen LogP contribution in [0, 0.1) is 4.64 Å². The van der Waals surface area contributed by atoms with E-state index in [9.17, 15) is 0 Å². The molecule has 1 atom stereocenters. The van der Waals surface area contributed by atoms with Crippen molar-refractivity contribution in [2.75, 3.05) is 6.61 Å². The van der Waals surface area contributed by atoms with Crippen LogP contribution in [0.4, 0.5) is 0 Å². The van der Waals surface area contributed by atoms with Crippen molar-refractivity contribution >= 4 is 12.2 Å². The highest BCUT2D eigenvalue weighted by atomic mass is 32.1. The first kappa shape index (κ1) is 13.0. The third kappa shape index (κ3) is 2.27. The van der Waals surface area contributed by atoms with Gasteiger partial charge in [-0.1, -0.05) is 36.8 Å². The predicted molar refractivity (Wildman–Crippen MR) is 84.5 cm³/mol. The van der Waals surface area contributed by atoms with Crippen molar-refractivity contribution in [3.05, 3.63) is 51.6 Å². The topological polar surface area (TPSA) is 37.9 Å². The Bertz CT molecular complexity index is 738. The molecule has 2 aliphatic rings. The number of hydrogen-bond donors (Lipinski definition) is 1. The Labute approximate surface area is 129 Å². The molecule has 2 heterocycles. The average molecular weight is 298 g/mol. The zero-order valence-corrected chi connectivity index (χ0v) is 12.7. The van der Waals surface area contributed by atoms with Gasteiger partial charge < -0.3 is 9.72 Å². The number of ether oxygens (including phenoxy) is 1. The van der Waals surface area contributed by atoms with Gasteiger partial charge in [-0.25, -0.2) is 4.98 Å². The minimum Gasteiger partial charge on any atom is -0.492 e. The Morgan fingerprint density at radius 3 is 2.95 bits per heavy atom. The van der Waals surface area contributed by atoms with Crippen molar-refractivity contribution < 1.29 is 4.74 Å². The number of rotatable bonds is 1. The van der Waals surface area contributed by atoms with Gasteiger partial charge in [0.15, 0.2) is 0 Å². The number of hydrogen-bond acceptors (Lipinski definition) is 3. The molecular weight excluding hydrogens is 280 g/mol. The minimum absolute atomic E-state index is 0.177. The molecule has 0 radical (unpaired) electrons. The number of nitrogens with one attached hydrogen (secondary N) is 1. The Balaban J connectivity index is 1.79. The van der Waals surface area contributed by atoms with Crippen LogP contribution >= 0.6 is 12.2 Å². The summed E-state index contributed by atoms with van der Waals surface area (Å²) in [6, 6.07) is 8.21. The second kappa shape index (κ2) is 5.26. The standard InChI is InChI=1S/C17H18N2OS/c21-17-12-7-2-1-3-8-14(12)18-16(19-17)13-10-20-15-9-5-4-6-11(13)15/h4-6,9,13H,1-3,7-8,10H2,(H,18,19,21). The molecule has 0 amide bonds. The maximum Gasteiger partial charge on any atom is 0.133 e. The molecule has 1 unspecified atom stereocenters. The van der Waals surface area contributed by atoms with Crippen LogP contribution in [0.2, 0.25) is 0 Å². The maximum atomic E-state index is 5.78. The first-order chi connectivity index (χ1) is 10.3. The summed E-state index contributed by atoms with van der Waals surface area (Å²) >= 11 is 5.55. The molecule has 4 heteroatoms.